The lowest BCUT2D eigenvalue weighted by atomic mass is 10.0. The lowest BCUT2D eigenvalue weighted by molar-refractivity contribution is 0.103. The Morgan fingerprint density at radius 1 is 1.10 bits per heavy atom. The van der Waals surface area contributed by atoms with Crippen LogP contribution < -0.4 is 10.1 Å². The number of ether oxygens (including phenoxy) is 3. The van der Waals surface area contributed by atoms with Gasteiger partial charge < -0.3 is 19.5 Å². The molecule has 0 saturated heterocycles. The number of rotatable bonds is 4. The minimum Gasteiger partial charge on any atom is -0.497 e. The fourth-order valence-electron chi connectivity index (χ4n) is 2.27. The molecule has 0 spiro atoms. The predicted octanol–water partition coefficient (Wildman–Crippen LogP) is 3.72. The van der Waals surface area contributed by atoms with E-state index in [0.29, 0.717) is 5.95 Å². The Balaban J connectivity index is 1.90. The highest BCUT2D eigenvalue weighted by Crippen LogP contribution is 2.32. The van der Waals surface area contributed by atoms with E-state index in [2.05, 4.69) is 11.4 Å². The molecular formula is C17H17NO3. The van der Waals surface area contributed by atoms with Crippen molar-refractivity contribution in [2.75, 3.05) is 19.5 Å². The van der Waals surface area contributed by atoms with Gasteiger partial charge in [-0.25, -0.2) is 0 Å². The van der Waals surface area contributed by atoms with E-state index >= 15 is 0 Å². The Hall–Kier alpha value is -2.62. The highest BCUT2D eigenvalue weighted by atomic mass is 16.7. The Morgan fingerprint density at radius 3 is 2.62 bits per heavy atom. The molecule has 1 N–H and O–H groups in total. The van der Waals surface area contributed by atoms with E-state index < -0.39 is 0 Å². The van der Waals surface area contributed by atoms with Crippen LogP contribution in [-0.2, 0) is 9.47 Å². The van der Waals surface area contributed by atoms with Gasteiger partial charge in [0, 0.05) is 17.3 Å². The molecule has 4 nitrogen and oxygen atoms in total. The molecule has 0 atom stereocenters. The Kier molecular flexibility index (Phi) is 3.69. The molecule has 0 aromatic heterocycles. The summed E-state index contributed by atoms with van der Waals surface area (Å²) in [5.41, 5.74) is 3.09. The van der Waals surface area contributed by atoms with Crippen LogP contribution in [0, 0.1) is 0 Å². The van der Waals surface area contributed by atoms with E-state index in [9.17, 15) is 0 Å². The first kappa shape index (κ1) is 13.4. The lowest BCUT2D eigenvalue weighted by Crippen LogP contribution is -2.13. The molecule has 1 aromatic rings. The van der Waals surface area contributed by atoms with Gasteiger partial charge >= 0.3 is 0 Å². The van der Waals surface area contributed by atoms with Gasteiger partial charge in [0.1, 0.15) is 11.5 Å². The van der Waals surface area contributed by atoms with Gasteiger partial charge in [-0.1, -0.05) is 12.2 Å². The topological polar surface area (TPSA) is 39.7 Å². The Morgan fingerprint density at radius 2 is 1.90 bits per heavy atom. The number of allylic oxidation sites excluding steroid dienone is 5. The summed E-state index contributed by atoms with van der Waals surface area (Å²) in [6, 6.07) is 7.80. The SMILES string of the molecule is COC1=CC(Nc2ccc(OC)cc2)=C2CC=CC=C2O1. The monoisotopic (exact) mass is 283 g/mol. The zero-order chi connectivity index (χ0) is 14.7. The van der Waals surface area contributed by atoms with E-state index in [0.717, 1.165) is 34.9 Å². The van der Waals surface area contributed by atoms with Crippen LogP contribution in [0.4, 0.5) is 5.69 Å². The minimum absolute atomic E-state index is 0.483. The second-order valence-corrected chi connectivity index (χ2v) is 4.68. The van der Waals surface area contributed by atoms with Gasteiger partial charge in [0.05, 0.1) is 19.9 Å². The predicted molar refractivity (Wildman–Crippen MR) is 81.7 cm³/mol. The third-order valence-electron chi connectivity index (χ3n) is 3.37. The van der Waals surface area contributed by atoms with Gasteiger partial charge in [0.25, 0.3) is 5.95 Å². The Bertz CT molecular complexity index is 651. The van der Waals surface area contributed by atoms with Gasteiger partial charge in [-0.3, -0.25) is 0 Å². The van der Waals surface area contributed by atoms with Crippen LogP contribution >= 0.6 is 0 Å². The number of nitrogens with one attached hydrogen (secondary N) is 1. The van der Waals surface area contributed by atoms with Gasteiger partial charge in [0.15, 0.2) is 0 Å². The molecule has 1 heterocycles. The first-order valence-electron chi connectivity index (χ1n) is 6.75. The van der Waals surface area contributed by atoms with Crippen LogP contribution in [-0.4, -0.2) is 14.2 Å². The molecular weight excluding hydrogens is 266 g/mol. The van der Waals surface area contributed by atoms with Crippen LogP contribution in [0.2, 0.25) is 0 Å². The lowest BCUT2D eigenvalue weighted by Gasteiger charge is -2.24. The van der Waals surface area contributed by atoms with E-state index in [1.165, 1.54) is 0 Å². The van der Waals surface area contributed by atoms with Crippen LogP contribution in [0.5, 0.6) is 5.75 Å². The number of fused-ring (bicyclic) bond motifs is 1. The van der Waals surface area contributed by atoms with Crippen molar-refractivity contribution in [1.82, 2.24) is 0 Å². The second kappa shape index (κ2) is 5.79. The average molecular weight is 283 g/mol. The summed E-state index contributed by atoms with van der Waals surface area (Å²) in [7, 11) is 3.26. The fourth-order valence-corrected chi connectivity index (χ4v) is 2.27. The third kappa shape index (κ3) is 2.79. The maximum atomic E-state index is 5.67. The van der Waals surface area contributed by atoms with Crippen molar-refractivity contribution in [2.24, 2.45) is 0 Å². The second-order valence-electron chi connectivity index (χ2n) is 4.68. The molecule has 0 bridgehead atoms. The maximum Gasteiger partial charge on any atom is 0.286 e. The number of hydrogen-bond acceptors (Lipinski definition) is 4. The van der Waals surface area contributed by atoms with Crippen LogP contribution in [0.1, 0.15) is 6.42 Å². The number of hydrogen-bond donors (Lipinski definition) is 1. The summed E-state index contributed by atoms with van der Waals surface area (Å²) >= 11 is 0. The fraction of sp³-hybridized carbons (Fsp3) is 0.176. The minimum atomic E-state index is 0.483. The van der Waals surface area contributed by atoms with Gasteiger partial charge in [-0.05, 0) is 36.8 Å². The van der Waals surface area contributed by atoms with E-state index in [1.807, 2.05) is 42.5 Å². The van der Waals surface area contributed by atoms with Crippen LogP contribution in [0.25, 0.3) is 0 Å². The summed E-state index contributed by atoms with van der Waals surface area (Å²) in [5, 5.41) is 3.41. The zero-order valence-electron chi connectivity index (χ0n) is 12.1. The molecule has 1 aromatic carbocycles. The first-order valence-corrected chi connectivity index (χ1v) is 6.75. The smallest absolute Gasteiger partial charge is 0.286 e. The molecule has 1 aliphatic carbocycles. The maximum absolute atomic E-state index is 5.67. The summed E-state index contributed by atoms with van der Waals surface area (Å²) in [5.74, 6) is 2.14. The van der Waals surface area contributed by atoms with E-state index in [-0.39, 0.29) is 0 Å². The average Bonchev–Trinajstić information content (AvgIpc) is 2.55. The van der Waals surface area contributed by atoms with Gasteiger partial charge in [-0.15, -0.1) is 0 Å². The molecule has 3 rings (SSSR count). The van der Waals surface area contributed by atoms with Crippen molar-refractivity contribution in [3.8, 4) is 5.75 Å². The standard InChI is InChI=1S/C17H17NO3/c1-19-13-9-7-12(8-10-13)18-15-11-17(20-2)21-16-6-4-3-5-14(15)16/h3-4,6-11,18H,5H2,1-2H3. The summed E-state index contributed by atoms with van der Waals surface area (Å²) < 4.78 is 16.1. The molecule has 21 heavy (non-hydrogen) atoms. The number of anilines is 1. The summed E-state index contributed by atoms with van der Waals surface area (Å²) in [6.07, 6.45) is 8.74. The van der Waals surface area contributed by atoms with Gasteiger partial charge in [0.2, 0.25) is 0 Å². The largest absolute Gasteiger partial charge is 0.497 e. The normalized spacial score (nSPS) is 16.5. The van der Waals surface area contributed by atoms with Crippen molar-refractivity contribution >= 4 is 5.69 Å². The highest BCUT2D eigenvalue weighted by Gasteiger charge is 2.21. The third-order valence-corrected chi connectivity index (χ3v) is 3.37. The van der Waals surface area contributed by atoms with Crippen molar-refractivity contribution < 1.29 is 14.2 Å². The quantitative estimate of drug-likeness (QED) is 0.914. The molecule has 0 saturated carbocycles. The molecule has 0 fully saturated rings. The molecule has 2 aliphatic rings. The van der Waals surface area contributed by atoms with Crippen molar-refractivity contribution in [2.45, 2.75) is 6.42 Å². The molecule has 1 aliphatic heterocycles. The first-order chi connectivity index (χ1) is 10.3. The van der Waals surface area contributed by atoms with Gasteiger partial charge in [-0.2, -0.15) is 0 Å². The van der Waals surface area contributed by atoms with Crippen molar-refractivity contribution in [3.63, 3.8) is 0 Å². The van der Waals surface area contributed by atoms with Crippen molar-refractivity contribution in [1.29, 1.82) is 0 Å². The van der Waals surface area contributed by atoms with E-state index in [1.54, 1.807) is 14.2 Å². The number of benzene rings is 1. The highest BCUT2D eigenvalue weighted by molar-refractivity contribution is 5.58. The van der Waals surface area contributed by atoms with Crippen LogP contribution in [0.15, 0.2) is 71.5 Å². The summed E-state index contributed by atoms with van der Waals surface area (Å²) in [4.78, 5) is 0. The zero-order valence-corrected chi connectivity index (χ0v) is 12.1. The molecule has 4 heteroatoms. The molecule has 0 amide bonds. The van der Waals surface area contributed by atoms with E-state index in [4.69, 9.17) is 14.2 Å². The number of methoxy groups -OCH3 is 2. The molecule has 0 unspecified atom stereocenters. The van der Waals surface area contributed by atoms with Crippen LogP contribution in [0.3, 0.4) is 0 Å². The summed E-state index contributed by atoms with van der Waals surface area (Å²) in [6.45, 7) is 0. The molecule has 0 radical (unpaired) electrons. The Labute approximate surface area is 124 Å². The van der Waals surface area contributed by atoms with Crippen molar-refractivity contribution in [3.05, 3.63) is 71.5 Å². The molecule has 108 valence electrons.